The fraction of sp³-hybridized carbons (Fsp3) is 0.444. The van der Waals surface area contributed by atoms with Crippen LogP contribution in [0.2, 0.25) is 0 Å². The number of aromatic nitrogens is 2. The Labute approximate surface area is 158 Å². The number of hydrogen-bond acceptors (Lipinski definition) is 5. The molecule has 150 valence electrons. The first-order valence-electron chi connectivity index (χ1n) is 8.79. The number of carbonyl (C=O) groups is 1. The molecule has 4 rings (SSSR count). The maximum absolute atomic E-state index is 14.2. The molecule has 0 saturated carbocycles. The second-order valence-electron chi connectivity index (χ2n) is 7.05. The second kappa shape index (κ2) is 7.10. The summed E-state index contributed by atoms with van der Waals surface area (Å²) in [4.78, 5) is 13.5. The molecule has 10 heteroatoms. The van der Waals surface area contributed by atoms with Gasteiger partial charge in [-0.3, -0.25) is 9.58 Å². The first-order valence-corrected chi connectivity index (χ1v) is 8.79. The zero-order valence-corrected chi connectivity index (χ0v) is 15.1. The van der Waals surface area contributed by atoms with Crippen LogP contribution in [-0.4, -0.2) is 39.5 Å². The van der Waals surface area contributed by atoms with Crippen LogP contribution in [-0.2, 0) is 29.6 Å². The SMILES string of the molecule is Cn1ncc2c1CN(C1COC(c3cc(F)c(F)cc3F)C(OC(N)=O)C1)C2. The predicted molar refractivity (Wildman–Crippen MR) is 90.3 cm³/mol. The average molecular weight is 396 g/mol. The molecule has 3 heterocycles. The Morgan fingerprint density at radius 2 is 2.00 bits per heavy atom. The molecular formula is C18H19F3N4O3. The van der Waals surface area contributed by atoms with Gasteiger partial charge in [0, 0.05) is 49.8 Å². The number of primary amides is 1. The van der Waals surface area contributed by atoms with Crippen LogP contribution in [0.15, 0.2) is 18.3 Å². The molecule has 0 radical (unpaired) electrons. The molecule has 0 bridgehead atoms. The van der Waals surface area contributed by atoms with E-state index in [4.69, 9.17) is 15.2 Å². The van der Waals surface area contributed by atoms with Crippen LogP contribution in [0.1, 0.15) is 29.3 Å². The van der Waals surface area contributed by atoms with Gasteiger partial charge in [-0.1, -0.05) is 0 Å². The molecule has 1 fully saturated rings. The number of rotatable bonds is 3. The smallest absolute Gasteiger partial charge is 0.404 e. The van der Waals surface area contributed by atoms with Crippen molar-refractivity contribution < 1.29 is 27.4 Å². The third-order valence-electron chi connectivity index (χ3n) is 5.31. The third kappa shape index (κ3) is 3.33. The van der Waals surface area contributed by atoms with Crippen LogP contribution in [0.5, 0.6) is 0 Å². The van der Waals surface area contributed by atoms with Crippen LogP contribution < -0.4 is 5.73 Å². The van der Waals surface area contributed by atoms with E-state index in [1.807, 2.05) is 7.05 Å². The van der Waals surface area contributed by atoms with Crippen LogP contribution in [0.4, 0.5) is 18.0 Å². The minimum atomic E-state index is -1.30. The summed E-state index contributed by atoms with van der Waals surface area (Å²) >= 11 is 0. The number of ether oxygens (including phenoxy) is 2. The Bertz CT molecular complexity index is 920. The summed E-state index contributed by atoms with van der Waals surface area (Å²) in [6, 6.07) is 1.05. The Morgan fingerprint density at radius 3 is 2.71 bits per heavy atom. The van der Waals surface area contributed by atoms with Crippen LogP contribution in [0.3, 0.4) is 0 Å². The highest BCUT2D eigenvalue weighted by molar-refractivity contribution is 5.65. The van der Waals surface area contributed by atoms with E-state index in [0.29, 0.717) is 25.6 Å². The quantitative estimate of drug-likeness (QED) is 0.804. The van der Waals surface area contributed by atoms with Gasteiger partial charge < -0.3 is 15.2 Å². The highest BCUT2D eigenvalue weighted by Gasteiger charge is 2.40. The highest BCUT2D eigenvalue weighted by atomic mass is 19.2. The van der Waals surface area contributed by atoms with E-state index in [9.17, 15) is 18.0 Å². The van der Waals surface area contributed by atoms with E-state index >= 15 is 0 Å². The maximum Gasteiger partial charge on any atom is 0.404 e. The first kappa shape index (κ1) is 18.8. The van der Waals surface area contributed by atoms with Gasteiger partial charge >= 0.3 is 6.09 Å². The number of hydrogen-bond donors (Lipinski definition) is 1. The van der Waals surface area contributed by atoms with Gasteiger partial charge in [-0.25, -0.2) is 18.0 Å². The van der Waals surface area contributed by atoms with Crippen molar-refractivity contribution in [3.8, 4) is 0 Å². The third-order valence-corrected chi connectivity index (χ3v) is 5.31. The van der Waals surface area contributed by atoms with Gasteiger partial charge in [0.05, 0.1) is 18.5 Å². The molecule has 2 aliphatic heterocycles. The minimum Gasteiger partial charge on any atom is -0.443 e. The fourth-order valence-electron chi connectivity index (χ4n) is 3.91. The summed E-state index contributed by atoms with van der Waals surface area (Å²) < 4.78 is 53.8. The Kier molecular flexibility index (Phi) is 4.76. The van der Waals surface area contributed by atoms with E-state index < -0.39 is 35.8 Å². The molecule has 3 unspecified atom stereocenters. The topological polar surface area (TPSA) is 82.6 Å². The number of nitrogens with two attached hydrogens (primary N) is 1. The lowest BCUT2D eigenvalue weighted by Crippen LogP contribution is -2.46. The normalized spacial score (nSPS) is 24.9. The average Bonchev–Trinajstić information content (AvgIpc) is 3.20. The van der Waals surface area contributed by atoms with Crippen molar-refractivity contribution >= 4 is 6.09 Å². The van der Waals surface area contributed by atoms with Gasteiger partial charge in [0.25, 0.3) is 0 Å². The number of halogens is 3. The Morgan fingerprint density at radius 1 is 1.25 bits per heavy atom. The van der Waals surface area contributed by atoms with E-state index in [-0.39, 0.29) is 18.2 Å². The lowest BCUT2D eigenvalue weighted by molar-refractivity contribution is -0.114. The van der Waals surface area contributed by atoms with Crippen molar-refractivity contribution in [2.75, 3.05) is 6.61 Å². The van der Waals surface area contributed by atoms with Crippen molar-refractivity contribution in [2.24, 2.45) is 12.8 Å². The van der Waals surface area contributed by atoms with E-state index in [0.717, 1.165) is 17.3 Å². The number of fused-ring (bicyclic) bond motifs is 1. The molecule has 1 amide bonds. The van der Waals surface area contributed by atoms with Gasteiger partial charge in [0.2, 0.25) is 0 Å². The minimum absolute atomic E-state index is 0.124. The van der Waals surface area contributed by atoms with Crippen molar-refractivity contribution in [3.63, 3.8) is 0 Å². The largest absolute Gasteiger partial charge is 0.443 e. The highest BCUT2D eigenvalue weighted by Crippen LogP contribution is 2.36. The molecule has 1 saturated heterocycles. The lowest BCUT2D eigenvalue weighted by Gasteiger charge is -2.39. The molecular weight excluding hydrogens is 377 g/mol. The maximum atomic E-state index is 14.2. The molecule has 2 aromatic rings. The van der Waals surface area contributed by atoms with Gasteiger partial charge in [0.1, 0.15) is 18.0 Å². The number of nitrogens with zero attached hydrogens (tertiary/aromatic N) is 3. The number of aryl methyl sites for hydroxylation is 1. The zero-order chi connectivity index (χ0) is 20.0. The molecule has 1 aromatic heterocycles. The number of carbonyl (C=O) groups excluding carboxylic acids is 1. The molecule has 28 heavy (non-hydrogen) atoms. The number of amides is 1. The molecule has 0 aliphatic carbocycles. The van der Waals surface area contributed by atoms with E-state index in [1.54, 1.807) is 10.9 Å². The van der Waals surface area contributed by atoms with Crippen LogP contribution >= 0.6 is 0 Å². The summed E-state index contributed by atoms with van der Waals surface area (Å²) in [7, 11) is 1.86. The van der Waals surface area contributed by atoms with E-state index in [2.05, 4.69) is 10.00 Å². The Balaban J connectivity index is 1.55. The molecule has 3 atom stereocenters. The van der Waals surface area contributed by atoms with Crippen LogP contribution in [0.25, 0.3) is 0 Å². The first-order chi connectivity index (χ1) is 13.3. The zero-order valence-electron chi connectivity index (χ0n) is 15.1. The molecule has 1 aromatic carbocycles. The van der Waals surface area contributed by atoms with Gasteiger partial charge in [0.15, 0.2) is 11.6 Å². The van der Waals surface area contributed by atoms with Gasteiger partial charge in [-0.15, -0.1) is 0 Å². The summed E-state index contributed by atoms with van der Waals surface area (Å²) in [5.74, 6) is -3.48. The molecule has 0 spiro atoms. The lowest BCUT2D eigenvalue weighted by atomic mass is 9.94. The van der Waals surface area contributed by atoms with Crippen molar-refractivity contribution in [3.05, 3.63) is 52.6 Å². The monoisotopic (exact) mass is 396 g/mol. The van der Waals surface area contributed by atoms with Crippen molar-refractivity contribution in [1.82, 2.24) is 14.7 Å². The predicted octanol–water partition coefficient (Wildman–Crippen LogP) is 2.15. The van der Waals surface area contributed by atoms with E-state index in [1.165, 1.54) is 0 Å². The standard InChI is InChI=1S/C18H19F3N4O3/c1-24-15-7-25(6-9(15)5-23-24)10-2-16(28-18(22)26)17(27-8-10)11-3-13(20)14(21)4-12(11)19/h3-5,10,16-17H,2,6-8H2,1H3,(H2,22,26). The van der Waals surface area contributed by atoms with Crippen LogP contribution in [0, 0.1) is 17.5 Å². The van der Waals surface area contributed by atoms with Crippen molar-refractivity contribution in [2.45, 2.75) is 37.8 Å². The Hall–Kier alpha value is -2.59. The van der Waals surface area contributed by atoms with Gasteiger partial charge in [-0.05, 0) is 6.07 Å². The summed E-state index contributed by atoms with van der Waals surface area (Å²) in [6.45, 7) is 1.52. The second-order valence-corrected chi connectivity index (χ2v) is 7.05. The molecule has 2 aliphatic rings. The molecule has 7 nitrogen and oxygen atoms in total. The summed E-state index contributed by atoms with van der Waals surface area (Å²) in [6.07, 6.45) is -0.942. The molecule has 2 N–H and O–H groups in total. The summed E-state index contributed by atoms with van der Waals surface area (Å²) in [5.41, 5.74) is 7.13. The van der Waals surface area contributed by atoms with Crippen molar-refractivity contribution in [1.29, 1.82) is 0 Å². The summed E-state index contributed by atoms with van der Waals surface area (Å²) in [5, 5.41) is 4.21. The fourth-order valence-corrected chi connectivity index (χ4v) is 3.91. The van der Waals surface area contributed by atoms with Gasteiger partial charge in [-0.2, -0.15) is 5.10 Å². The number of benzene rings is 1.